The highest BCUT2D eigenvalue weighted by Gasteiger charge is 2.52. The zero-order valence-corrected chi connectivity index (χ0v) is 13.5. The summed E-state index contributed by atoms with van der Waals surface area (Å²) in [5.41, 5.74) is -0.913. The Balaban J connectivity index is 2.18. The molecule has 1 heterocycles. The fraction of sp³-hybridized carbons (Fsp3) is 0.438. The second-order valence-corrected chi connectivity index (χ2v) is 5.37. The highest BCUT2D eigenvalue weighted by molar-refractivity contribution is 5.89. The molecule has 2 unspecified atom stereocenters. The van der Waals surface area contributed by atoms with Gasteiger partial charge in [-0.05, 0) is 5.56 Å². The zero-order chi connectivity index (χ0) is 17.6. The summed E-state index contributed by atoms with van der Waals surface area (Å²) >= 11 is 0. The van der Waals surface area contributed by atoms with Gasteiger partial charge < -0.3 is 14.8 Å². The first-order valence-corrected chi connectivity index (χ1v) is 7.40. The molecule has 1 aliphatic heterocycles. The molecule has 0 fully saturated rings. The van der Waals surface area contributed by atoms with Crippen molar-refractivity contribution in [1.29, 1.82) is 0 Å². The molecule has 1 N–H and O–H groups in total. The van der Waals surface area contributed by atoms with Crippen LogP contribution >= 0.6 is 0 Å². The van der Waals surface area contributed by atoms with E-state index in [1.54, 1.807) is 12.1 Å². The monoisotopic (exact) mass is 333 g/mol. The third-order valence-electron chi connectivity index (χ3n) is 3.80. The molecule has 1 aromatic carbocycles. The van der Waals surface area contributed by atoms with Crippen molar-refractivity contribution >= 4 is 17.8 Å². The minimum atomic E-state index is -1.70. The van der Waals surface area contributed by atoms with Crippen LogP contribution in [0.3, 0.4) is 0 Å². The molecule has 8 nitrogen and oxygen atoms in total. The van der Waals surface area contributed by atoms with Crippen molar-refractivity contribution < 1.29 is 23.9 Å². The van der Waals surface area contributed by atoms with Gasteiger partial charge in [-0.25, -0.2) is 4.79 Å². The van der Waals surface area contributed by atoms with Crippen LogP contribution in [0.5, 0.6) is 0 Å². The van der Waals surface area contributed by atoms with Gasteiger partial charge >= 0.3 is 11.9 Å². The Bertz CT molecular complexity index is 646. The largest absolute Gasteiger partial charge is 0.469 e. The van der Waals surface area contributed by atoms with Gasteiger partial charge in [0, 0.05) is 5.92 Å². The summed E-state index contributed by atoms with van der Waals surface area (Å²) in [6.45, 7) is 0.121. The summed E-state index contributed by atoms with van der Waals surface area (Å²) < 4.78 is 9.41. The van der Waals surface area contributed by atoms with E-state index in [1.165, 1.54) is 14.2 Å². The van der Waals surface area contributed by atoms with E-state index < -0.39 is 29.4 Å². The smallest absolute Gasteiger partial charge is 0.356 e. The predicted octanol–water partition coefficient (Wildman–Crippen LogP) is 0.860. The lowest BCUT2D eigenvalue weighted by Crippen LogP contribution is -2.58. The van der Waals surface area contributed by atoms with Crippen molar-refractivity contribution in [2.45, 2.75) is 18.5 Å². The molecule has 0 saturated carbocycles. The first kappa shape index (κ1) is 17.6. The number of rotatable bonds is 6. The van der Waals surface area contributed by atoms with Gasteiger partial charge in [-0.3, -0.25) is 9.59 Å². The summed E-state index contributed by atoms with van der Waals surface area (Å²) in [6, 6.07) is 9.07. The maximum atomic E-state index is 12.4. The third kappa shape index (κ3) is 3.76. The highest BCUT2D eigenvalue weighted by atomic mass is 16.5. The number of nitrogens with zero attached hydrogens (tertiary/aromatic N) is 2. The van der Waals surface area contributed by atoms with Gasteiger partial charge in [0.25, 0.3) is 5.66 Å². The molecular weight excluding hydrogens is 314 g/mol. The van der Waals surface area contributed by atoms with Crippen molar-refractivity contribution in [3.63, 3.8) is 0 Å². The van der Waals surface area contributed by atoms with Gasteiger partial charge in [-0.15, -0.1) is 0 Å². The summed E-state index contributed by atoms with van der Waals surface area (Å²) in [5, 5.41) is 10.3. The number of ether oxygens (including phenoxy) is 2. The molecule has 1 amide bonds. The molecule has 0 aromatic heterocycles. The number of carbonyl (C=O) groups is 3. The van der Waals surface area contributed by atoms with Crippen molar-refractivity contribution in [2.75, 3.05) is 20.8 Å². The second kappa shape index (κ2) is 7.67. The van der Waals surface area contributed by atoms with Gasteiger partial charge in [0.05, 0.1) is 33.6 Å². The van der Waals surface area contributed by atoms with Crippen LogP contribution in [0, 0.1) is 5.92 Å². The maximum absolute atomic E-state index is 12.4. The van der Waals surface area contributed by atoms with Crippen LogP contribution in [0.1, 0.15) is 12.0 Å². The third-order valence-corrected chi connectivity index (χ3v) is 3.80. The maximum Gasteiger partial charge on any atom is 0.356 e. The number of hydrogen-bond acceptors (Lipinski definition) is 7. The summed E-state index contributed by atoms with van der Waals surface area (Å²) in [5.74, 6) is -2.35. The lowest BCUT2D eigenvalue weighted by Gasteiger charge is -2.29. The molecule has 1 aliphatic rings. The van der Waals surface area contributed by atoms with Crippen molar-refractivity contribution in [3.8, 4) is 0 Å². The van der Waals surface area contributed by atoms with E-state index in [-0.39, 0.29) is 19.4 Å². The minimum absolute atomic E-state index is 0.0695. The number of carbonyl (C=O) groups excluding carboxylic acids is 3. The van der Waals surface area contributed by atoms with Gasteiger partial charge in [-0.2, -0.15) is 10.2 Å². The fourth-order valence-corrected chi connectivity index (χ4v) is 2.54. The Labute approximate surface area is 139 Å². The van der Waals surface area contributed by atoms with E-state index >= 15 is 0 Å². The molecule has 2 atom stereocenters. The SMILES string of the molecule is COC(=O)CC1CN=NC1(NC(=O)Cc1ccccc1)C(=O)OC. The molecule has 8 heteroatoms. The highest BCUT2D eigenvalue weighted by Crippen LogP contribution is 2.31. The van der Waals surface area contributed by atoms with E-state index in [0.29, 0.717) is 0 Å². The molecule has 1 aromatic rings. The standard InChI is InChI=1S/C16H19N3O5/c1-23-14(21)9-12-10-17-19-16(12,15(22)24-2)18-13(20)8-11-6-4-3-5-7-11/h3-7,12H,8-10H2,1-2H3,(H,18,20). The number of esters is 2. The Morgan fingerprint density at radius 3 is 2.54 bits per heavy atom. The van der Waals surface area contributed by atoms with E-state index in [9.17, 15) is 14.4 Å². The van der Waals surface area contributed by atoms with Crippen LogP contribution in [0.2, 0.25) is 0 Å². The van der Waals surface area contributed by atoms with Crippen LogP contribution in [0.4, 0.5) is 0 Å². The van der Waals surface area contributed by atoms with Gasteiger partial charge in [0.15, 0.2) is 0 Å². The second-order valence-electron chi connectivity index (χ2n) is 5.37. The fourth-order valence-electron chi connectivity index (χ4n) is 2.54. The molecule has 0 bridgehead atoms. The number of benzene rings is 1. The number of nitrogens with one attached hydrogen (secondary N) is 1. The van der Waals surface area contributed by atoms with Gasteiger partial charge in [0.1, 0.15) is 0 Å². The Kier molecular flexibility index (Phi) is 5.62. The quantitative estimate of drug-likeness (QED) is 0.777. The van der Waals surface area contributed by atoms with Crippen molar-refractivity contribution in [1.82, 2.24) is 5.32 Å². The first-order valence-electron chi connectivity index (χ1n) is 7.40. The van der Waals surface area contributed by atoms with Crippen LogP contribution in [0.15, 0.2) is 40.6 Å². The van der Waals surface area contributed by atoms with E-state index in [0.717, 1.165) is 5.56 Å². The lowest BCUT2D eigenvalue weighted by atomic mass is 9.90. The topological polar surface area (TPSA) is 106 Å². The lowest BCUT2D eigenvalue weighted by molar-refractivity contribution is -0.154. The van der Waals surface area contributed by atoms with E-state index in [1.807, 2.05) is 18.2 Å². The van der Waals surface area contributed by atoms with E-state index in [2.05, 4.69) is 20.3 Å². The first-order chi connectivity index (χ1) is 11.5. The summed E-state index contributed by atoms with van der Waals surface area (Å²) in [4.78, 5) is 36.2. The number of hydrogen-bond donors (Lipinski definition) is 1. The minimum Gasteiger partial charge on any atom is -0.469 e. The normalized spacial score (nSPS) is 22.0. The average molecular weight is 333 g/mol. The molecule has 24 heavy (non-hydrogen) atoms. The molecule has 0 saturated heterocycles. The zero-order valence-electron chi connectivity index (χ0n) is 13.5. The molecular formula is C16H19N3O5. The molecule has 0 spiro atoms. The van der Waals surface area contributed by atoms with Crippen molar-refractivity contribution in [2.24, 2.45) is 16.1 Å². The van der Waals surface area contributed by atoms with E-state index in [4.69, 9.17) is 4.74 Å². The van der Waals surface area contributed by atoms with Crippen LogP contribution in [0.25, 0.3) is 0 Å². The molecule has 0 aliphatic carbocycles. The number of amides is 1. The summed E-state index contributed by atoms with van der Waals surface area (Å²) in [6.07, 6.45) is -0.0374. The Morgan fingerprint density at radius 2 is 1.92 bits per heavy atom. The van der Waals surface area contributed by atoms with Gasteiger partial charge in [-0.1, -0.05) is 30.3 Å². The number of methoxy groups -OCH3 is 2. The predicted molar refractivity (Wildman–Crippen MR) is 82.9 cm³/mol. The van der Waals surface area contributed by atoms with Crippen LogP contribution < -0.4 is 5.32 Å². The van der Waals surface area contributed by atoms with Gasteiger partial charge in [0.2, 0.25) is 5.91 Å². The molecule has 2 rings (SSSR count). The average Bonchev–Trinajstić information content (AvgIpc) is 2.98. The Morgan fingerprint density at radius 1 is 1.21 bits per heavy atom. The Hall–Kier alpha value is -2.77. The van der Waals surface area contributed by atoms with Crippen molar-refractivity contribution in [3.05, 3.63) is 35.9 Å². The van der Waals surface area contributed by atoms with Crippen LogP contribution in [-0.2, 0) is 30.3 Å². The molecule has 0 radical (unpaired) electrons. The summed E-state index contributed by atoms with van der Waals surface area (Å²) in [7, 11) is 2.44. The molecule has 128 valence electrons. The number of azo groups is 1. The van der Waals surface area contributed by atoms with Crippen LogP contribution in [-0.4, -0.2) is 44.3 Å².